The van der Waals surface area contributed by atoms with Gasteiger partial charge in [0, 0.05) is 22.4 Å². The summed E-state index contributed by atoms with van der Waals surface area (Å²) in [5, 5.41) is 8.95. The van der Waals surface area contributed by atoms with E-state index in [-0.39, 0.29) is 18.2 Å². The van der Waals surface area contributed by atoms with Crippen LogP contribution in [0.15, 0.2) is 29.6 Å². The number of halogens is 1. The van der Waals surface area contributed by atoms with Crippen molar-refractivity contribution in [1.82, 2.24) is 10.3 Å². The van der Waals surface area contributed by atoms with Gasteiger partial charge in [-0.15, -0.1) is 11.3 Å². The number of nitrogens with zero attached hydrogens (tertiary/aromatic N) is 1. The van der Waals surface area contributed by atoms with Crippen LogP contribution in [0, 0.1) is 5.41 Å². The van der Waals surface area contributed by atoms with Crippen molar-refractivity contribution in [2.75, 3.05) is 18.5 Å². The van der Waals surface area contributed by atoms with Crippen LogP contribution in [-0.4, -0.2) is 35.6 Å². The Morgan fingerprint density at radius 2 is 2.00 bits per heavy atom. The zero-order valence-corrected chi connectivity index (χ0v) is 18.5. The molecule has 0 spiro atoms. The lowest BCUT2D eigenvalue weighted by Gasteiger charge is -2.29. The predicted molar refractivity (Wildman–Crippen MR) is 115 cm³/mol. The molecule has 3 rings (SSSR count). The van der Waals surface area contributed by atoms with Crippen LogP contribution in [0.2, 0.25) is 5.02 Å². The number of ether oxygens (including phenoxy) is 1. The van der Waals surface area contributed by atoms with E-state index in [1.807, 2.05) is 45.0 Å². The molecule has 1 aliphatic rings. The van der Waals surface area contributed by atoms with Crippen LogP contribution in [-0.2, 0) is 27.2 Å². The van der Waals surface area contributed by atoms with E-state index >= 15 is 0 Å². The highest BCUT2D eigenvalue weighted by atomic mass is 35.5. The Morgan fingerprint density at radius 1 is 1.28 bits per heavy atom. The molecule has 6 nitrogen and oxygen atoms in total. The predicted octanol–water partition coefficient (Wildman–Crippen LogP) is 3.84. The number of hydrogen-bond acceptors (Lipinski definition) is 5. The van der Waals surface area contributed by atoms with E-state index in [0.29, 0.717) is 35.5 Å². The van der Waals surface area contributed by atoms with Crippen molar-refractivity contribution in [3.05, 3.63) is 45.9 Å². The highest BCUT2D eigenvalue weighted by molar-refractivity contribution is 7.13. The fourth-order valence-electron chi connectivity index (χ4n) is 3.12. The summed E-state index contributed by atoms with van der Waals surface area (Å²) in [6, 6.07) is 7.65. The molecule has 2 N–H and O–H groups in total. The smallest absolute Gasteiger partial charge is 0.231 e. The van der Waals surface area contributed by atoms with Gasteiger partial charge in [-0.3, -0.25) is 9.59 Å². The molecule has 8 heteroatoms. The molecule has 1 unspecified atom stereocenters. The lowest BCUT2D eigenvalue weighted by Crippen LogP contribution is -2.51. The van der Waals surface area contributed by atoms with E-state index in [4.69, 9.17) is 16.3 Å². The molecule has 1 fully saturated rings. The molecule has 1 aliphatic heterocycles. The van der Waals surface area contributed by atoms with E-state index in [1.54, 1.807) is 5.38 Å². The molecule has 0 radical (unpaired) electrons. The Labute approximate surface area is 180 Å². The maximum Gasteiger partial charge on any atom is 0.231 e. The summed E-state index contributed by atoms with van der Waals surface area (Å²) in [7, 11) is 0. The molecule has 1 aromatic carbocycles. The van der Waals surface area contributed by atoms with Gasteiger partial charge in [-0.2, -0.15) is 0 Å². The highest BCUT2D eigenvalue weighted by Crippen LogP contribution is 2.25. The monoisotopic (exact) mass is 435 g/mol. The van der Waals surface area contributed by atoms with Crippen molar-refractivity contribution < 1.29 is 14.3 Å². The Kier molecular flexibility index (Phi) is 6.61. The summed E-state index contributed by atoms with van der Waals surface area (Å²) in [5.41, 5.74) is 0.808. The second-order valence-corrected chi connectivity index (χ2v) is 9.75. The molecule has 29 heavy (non-hydrogen) atoms. The average molecular weight is 436 g/mol. The first kappa shape index (κ1) is 21.7. The zero-order valence-electron chi connectivity index (χ0n) is 16.9. The van der Waals surface area contributed by atoms with Crippen LogP contribution in [0.3, 0.4) is 0 Å². The molecule has 2 aromatic rings. The number of rotatable bonds is 6. The first-order valence-electron chi connectivity index (χ1n) is 9.54. The molecule has 0 aliphatic carbocycles. The SMILES string of the molecule is CC(C)(C)C(=O)Nc1nc(CC(=O)NC2(Cc3ccc(Cl)cc3)CCOC2)cs1. The quantitative estimate of drug-likeness (QED) is 0.722. The number of amides is 2. The lowest BCUT2D eigenvalue weighted by atomic mass is 9.89. The van der Waals surface area contributed by atoms with Crippen molar-refractivity contribution in [3.63, 3.8) is 0 Å². The third kappa shape index (κ3) is 6.01. The van der Waals surface area contributed by atoms with Gasteiger partial charge in [0.1, 0.15) is 0 Å². The van der Waals surface area contributed by atoms with Gasteiger partial charge in [-0.25, -0.2) is 4.98 Å². The fourth-order valence-corrected chi connectivity index (χ4v) is 3.95. The summed E-state index contributed by atoms with van der Waals surface area (Å²) in [4.78, 5) is 29.2. The Bertz CT molecular complexity index is 868. The summed E-state index contributed by atoms with van der Waals surface area (Å²) in [6.07, 6.45) is 1.59. The van der Waals surface area contributed by atoms with Gasteiger partial charge in [-0.05, 0) is 30.5 Å². The minimum Gasteiger partial charge on any atom is -0.379 e. The van der Waals surface area contributed by atoms with Crippen LogP contribution in [0.4, 0.5) is 5.13 Å². The number of carbonyl (C=O) groups excluding carboxylic acids is 2. The zero-order chi connectivity index (χ0) is 21.1. The van der Waals surface area contributed by atoms with E-state index in [1.165, 1.54) is 11.3 Å². The minimum absolute atomic E-state index is 0.104. The fraction of sp³-hybridized carbons (Fsp3) is 0.476. The third-order valence-corrected chi connectivity index (χ3v) is 5.82. The first-order valence-corrected chi connectivity index (χ1v) is 10.8. The molecule has 0 saturated carbocycles. The Hall–Kier alpha value is -1.96. The van der Waals surface area contributed by atoms with Crippen molar-refractivity contribution in [1.29, 1.82) is 0 Å². The number of thiazole rings is 1. The van der Waals surface area contributed by atoms with Crippen LogP contribution in [0.5, 0.6) is 0 Å². The van der Waals surface area contributed by atoms with Crippen molar-refractivity contribution in [2.45, 2.75) is 45.6 Å². The standard InChI is InChI=1S/C21H26ClN3O3S/c1-20(2,3)18(27)24-19-23-16(12-29-19)10-17(26)25-21(8-9-28-13-21)11-14-4-6-15(22)7-5-14/h4-7,12H,8-11,13H2,1-3H3,(H,25,26)(H,23,24,27). The maximum atomic E-state index is 12.7. The number of benzene rings is 1. The third-order valence-electron chi connectivity index (χ3n) is 4.76. The second-order valence-electron chi connectivity index (χ2n) is 8.46. The summed E-state index contributed by atoms with van der Waals surface area (Å²) >= 11 is 7.29. The molecule has 2 amide bonds. The molecule has 1 atom stereocenters. The van der Waals surface area contributed by atoms with Gasteiger partial charge >= 0.3 is 0 Å². The summed E-state index contributed by atoms with van der Waals surface area (Å²) in [6.45, 7) is 6.62. The summed E-state index contributed by atoms with van der Waals surface area (Å²) in [5.74, 6) is -0.212. The van der Waals surface area contributed by atoms with Gasteiger partial charge in [0.05, 0.1) is 24.3 Å². The first-order chi connectivity index (χ1) is 13.7. The number of nitrogens with one attached hydrogen (secondary N) is 2. The Balaban J connectivity index is 1.61. The van der Waals surface area contributed by atoms with Crippen LogP contribution >= 0.6 is 22.9 Å². The molecular formula is C21H26ClN3O3S. The highest BCUT2D eigenvalue weighted by Gasteiger charge is 2.36. The Morgan fingerprint density at radius 3 is 2.62 bits per heavy atom. The second kappa shape index (κ2) is 8.81. The largest absolute Gasteiger partial charge is 0.379 e. The van der Waals surface area contributed by atoms with Gasteiger partial charge in [-0.1, -0.05) is 44.5 Å². The molecule has 2 heterocycles. The van der Waals surface area contributed by atoms with Crippen LogP contribution < -0.4 is 10.6 Å². The molecule has 1 aromatic heterocycles. The molecule has 156 valence electrons. The maximum absolute atomic E-state index is 12.7. The van der Waals surface area contributed by atoms with Crippen LogP contribution in [0.1, 0.15) is 38.4 Å². The van der Waals surface area contributed by atoms with E-state index < -0.39 is 11.0 Å². The molecule has 1 saturated heterocycles. The van der Waals surface area contributed by atoms with Gasteiger partial charge in [0.2, 0.25) is 11.8 Å². The van der Waals surface area contributed by atoms with E-state index in [2.05, 4.69) is 15.6 Å². The van der Waals surface area contributed by atoms with Gasteiger partial charge in [0.25, 0.3) is 0 Å². The molecular weight excluding hydrogens is 410 g/mol. The lowest BCUT2D eigenvalue weighted by molar-refractivity contribution is -0.123. The number of aromatic nitrogens is 1. The van der Waals surface area contributed by atoms with Crippen molar-refractivity contribution in [3.8, 4) is 0 Å². The average Bonchev–Trinajstić information content (AvgIpc) is 3.26. The normalized spacial score (nSPS) is 19.2. The van der Waals surface area contributed by atoms with E-state index in [9.17, 15) is 9.59 Å². The van der Waals surface area contributed by atoms with Gasteiger partial charge in [0.15, 0.2) is 5.13 Å². The number of carbonyl (C=O) groups is 2. The topological polar surface area (TPSA) is 80.3 Å². The number of anilines is 1. The summed E-state index contributed by atoms with van der Waals surface area (Å²) < 4.78 is 5.59. The molecule has 0 bridgehead atoms. The minimum atomic E-state index is -0.500. The van der Waals surface area contributed by atoms with Crippen LogP contribution in [0.25, 0.3) is 0 Å². The van der Waals surface area contributed by atoms with Gasteiger partial charge < -0.3 is 15.4 Å². The van der Waals surface area contributed by atoms with Crippen molar-refractivity contribution >= 4 is 39.9 Å². The number of hydrogen-bond donors (Lipinski definition) is 2. The van der Waals surface area contributed by atoms with E-state index in [0.717, 1.165) is 12.0 Å². The van der Waals surface area contributed by atoms with Crippen molar-refractivity contribution in [2.24, 2.45) is 5.41 Å².